The number of aromatic nitrogens is 3. The van der Waals surface area contributed by atoms with E-state index in [1.165, 1.54) is 12.1 Å². The van der Waals surface area contributed by atoms with Crippen LogP contribution < -0.4 is 0 Å². The van der Waals surface area contributed by atoms with Gasteiger partial charge in [0.15, 0.2) is 0 Å². The fourth-order valence-electron chi connectivity index (χ4n) is 0.944. The summed E-state index contributed by atoms with van der Waals surface area (Å²) in [5, 5.41) is 20.1. The van der Waals surface area contributed by atoms with Crippen molar-refractivity contribution in [2.24, 2.45) is 0 Å². The SMILES string of the molecule is O=[N+]([O-])c1ccc2[nH]nnc2c1.[Ag]. The number of nitrogens with zero attached hydrogens (tertiary/aromatic N) is 3. The Hall–Kier alpha value is -1.24. The summed E-state index contributed by atoms with van der Waals surface area (Å²) >= 11 is 0. The Morgan fingerprint density at radius 3 is 2.92 bits per heavy atom. The van der Waals surface area contributed by atoms with Gasteiger partial charge in [0.1, 0.15) is 5.52 Å². The zero-order chi connectivity index (χ0) is 8.55. The van der Waals surface area contributed by atoms with E-state index in [4.69, 9.17) is 0 Å². The van der Waals surface area contributed by atoms with Gasteiger partial charge in [-0.3, -0.25) is 15.2 Å². The number of nitrogens with one attached hydrogen (secondary N) is 1. The van der Waals surface area contributed by atoms with E-state index in [2.05, 4.69) is 15.4 Å². The van der Waals surface area contributed by atoms with Crippen LogP contribution in [0, 0.1) is 10.1 Å². The Morgan fingerprint density at radius 1 is 1.46 bits per heavy atom. The summed E-state index contributed by atoms with van der Waals surface area (Å²) in [6.45, 7) is 0. The van der Waals surface area contributed by atoms with Crippen molar-refractivity contribution in [3.63, 3.8) is 0 Å². The predicted octanol–water partition coefficient (Wildman–Crippen LogP) is 0.864. The van der Waals surface area contributed by atoms with Gasteiger partial charge in [-0.05, 0) is 6.07 Å². The maximum absolute atomic E-state index is 10.3. The second kappa shape index (κ2) is 3.65. The Balaban J connectivity index is 0.000000845. The molecule has 6 nitrogen and oxygen atoms in total. The number of rotatable bonds is 1. The normalized spacial score (nSPS) is 9.54. The first-order valence-corrected chi connectivity index (χ1v) is 3.22. The Kier molecular flexibility index (Phi) is 2.76. The van der Waals surface area contributed by atoms with Crippen LogP contribution in [0.15, 0.2) is 18.2 Å². The molecule has 0 aliphatic rings. The first kappa shape index (κ1) is 9.85. The van der Waals surface area contributed by atoms with Gasteiger partial charge >= 0.3 is 0 Å². The van der Waals surface area contributed by atoms with E-state index in [1.54, 1.807) is 6.07 Å². The van der Waals surface area contributed by atoms with Crippen LogP contribution >= 0.6 is 0 Å². The summed E-state index contributed by atoms with van der Waals surface area (Å²) in [4.78, 5) is 9.85. The van der Waals surface area contributed by atoms with Crippen molar-refractivity contribution in [2.45, 2.75) is 0 Å². The number of aromatic amines is 1. The number of benzene rings is 1. The molecule has 1 aromatic heterocycles. The molecule has 1 N–H and O–H groups in total. The molecular weight excluding hydrogens is 268 g/mol. The number of hydrogen-bond donors (Lipinski definition) is 1. The molecule has 1 heterocycles. The van der Waals surface area contributed by atoms with Gasteiger partial charge in [0.25, 0.3) is 5.69 Å². The quantitative estimate of drug-likeness (QED) is 0.474. The van der Waals surface area contributed by atoms with Crippen molar-refractivity contribution in [3.8, 4) is 0 Å². The molecule has 13 heavy (non-hydrogen) atoms. The number of non-ortho nitro benzene ring substituents is 1. The molecule has 0 amide bonds. The van der Waals surface area contributed by atoms with Crippen molar-refractivity contribution >= 4 is 16.7 Å². The molecule has 0 atom stereocenters. The first-order valence-electron chi connectivity index (χ1n) is 3.22. The molecule has 2 rings (SSSR count). The second-order valence-corrected chi connectivity index (χ2v) is 2.27. The molecular formula is C6H4AgN4O2. The van der Waals surface area contributed by atoms with E-state index < -0.39 is 4.92 Å². The third-order valence-electron chi connectivity index (χ3n) is 1.52. The van der Waals surface area contributed by atoms with Crippen molar-refractivity contribution in [3.05, 3.63) is 28.3 Å². The number of fused-ring (bicyclic) bond motifs is 1. The van der Waals surface area contributed by atoms with Gasteiger partial charge in [-0.2, -0.15) is 0 Å². The molecule has 0 saturated heterocycles. The van der Waals surface area contributed by atoms with Crippen molar-refractivity contribution in [1.82, 2.24) is 15.4 Å². The number of nitro benzene ring substituents is 1. The van der Waals surface area contributed by atoms with Crippen molar-refractivity contribution < 1.29 is 27.3 Å². The van der Waals surface area contributed by atoms with Crippen LogP contribution in [0.1, 0.15) is 0 Å². The monoisotopic (exact) mass is 271 g/mol. The third kappa shape index (κ3) is 1.74. The van der Waals surface area contributed by atoms with E-state index in [0.717, 1.165) is 0 Å². The fraction of sp³-hybridized carbons (Fsp3) is 0. The van der Waals surface area contributed by atoms with Crippen LogP contribution in [0.25, 0.3) is 11.0 Å². The van der Waals surface area contributed by atoms with E-state index in [-0.39, 0.29) is 28.1 Å². The van der Waals surface area contributed by atoms with E-state index in [9.17, 15) is 10.1 Å². The van der Waals surface area contributed by atoms with E-state index in [0.29, 0.717) is 11.0 Å². The Bertz CT molecular complexity index is 441. The van der Waals surface area contributed by atoms with Gasteiger partial charge in [-0.1, -0.05) is 5.21 Å². The maximum atomic E-state index is 10.3. The first-order chi connectivity index (χ1) is 5.77. The van der Waals surface area contributed by atoms with Crippen LogP contribution in [-0.2, 0) is 22.4 Å². The van der Waals surface area contributed by atoms with E-state index >= 15 is 0 Å². The third-order valence-corrected chi connectivity index (χ3v) is 1.52. The Labute approximate surface area is 88.0 Å². The molecule has 0 aliphatic carbocycles. The summed E-state index contributed by atoms with van der Waals surface area (Å²) in [5.74, 6) is 0. The minimum absolute atomic E-state index is 0. The largest absolute Gasteiger partial charge is 0.271 e. The summed E-state index contributed by atoms with van der Waals surface area (Å²) in [6, 6.07) is 4.36. The van der Waals surface area contributed by atoms with Crippen LogP contribution in [-0.4, -0.2) is 20.3 Å². The van der Waals surface area contributed by atoms with Crippen LogP contribution in [0.4, 0.5) is 5.69 Å². The minimum atomic E-state index is -0.464. The topological polar surface area (TPSA) is 84.7 Å². The zero-order valence-electron chi connectivity index (χ0n) is 6.19. The predicted molar refractivity (Wildman–Crippen MR) is 40.5 cm³/mol. The van der Waals surface area contributed by atoms with Crippen molar-refractivity contribution in [2.75, 3.05) is 0 Å². The average molecular weight is 272 g/mol. The van der Waals surface area contributed by atoms with Gasteiger partial charge in [-0.25, -0.2) is 0 Å². The van der Waals surface area contributed by atoms with Gasteiger partial charge in [0.05, 0.1) is 10.4 Å². The molecule has 7 heteroatoms. The second-order valence-electron chi connectivity index (χ2n) is 2.27. The van der Waals surface area contributed by atoms with E-state index in [1.807, 2.05) is 0 Å². The average Bonchev–Trinajstić information content (AvgIpc) is 2.49. The summed E-state index contributed by atoms with van der Waals surface area (Å²) in [7, 11) is 0. The smallest absolute Gasteiger partial charge is 0.258 e. The molecule has 0 fully saturated rings. The molecule has 1 aromatic carbocycles. The molecule has 71 valence electrons. The zero-order valence-corrected chi connectivity index (χ0v) is 7.67. The molecule has 0 unspecified atom stereocenters. The van der Waals surface area contributed by atoms with Gasteiger partial charge in [0, 0.05) is 34.5 Å². The van der Waals surface area contributed by atoms with Crippen molar-refractivity contribution in [1.29, 1.82) is 0 Å². The summed E-state index contributed by atoms with van der Waals surface area (Å²) < 4.78 is 0. The summed E-state index contributed by atoms with van der Waals surface area (Å²) in [5.41, 5.74) is 1.22. The molecule has 2 aromatic rings. The maximum Gasteiger partial charge on any atom is 0.271 e. The number of hydrogen-bond acceptors (Lipinski definition) is 4. The molecule has 0 aliphatic heterocycles. The fourth-order valence-corrected chi connectivity index (χ4v) is 0.944. The van der Waals surface area contributed by atoms with Crippen LogP contribution in [0.2, 0.25) is 0 Å². The van der Waals surface area contributed by atoms with Gasteiger partial charge in [-0.15, -0.1) is 5.10 Å². The molecule has 0 bridgehead atoms. The summed E-state index contributed by atoms with van der Waals surface area (Å²) in [6.07, 6.45) is 0. The molecule has 0 saturated carbocycles. The number of H-pyrrole nitrogens is 1. The standard InChI is InChI=1S/C6H4N4O2.Ag/c11-10(12)4-1-2-5-6(3-4)8-9-7-5;/h1-3H,(H,7,8,9);. The molecule has 0 spiro atoms. The van der Waals surface area contributed by atoms with Gasteiger partial charge in [0.2, 0.25) is 0 Å². The van der Waals surface area contributed by atoms with Gasteiger partial charge < -0.3 is 0 Å². The van der Waals surface area contributed by atoms with Crippen LogP contribution in [0.3, 0.4) is 0 Å². The Morgan fingerprint density at radius 2 is 2.23 bits per heavy atom. The number of nitro groups is 1. The van der Waals surface area contributed by atoms with Crippen LogP contribution in [0.5, 0.6) is 0 Å². The minimum Gasteiger partial charge on any atom is -0.258 e. The molecule has 1 radical (unpaired) electrons.